The van der Waals surface area contributed by atoms with Crippen LogP contribution in [0.3, 0.4) is 0 Å². The van der Waals surface area contributed by atoms with E-state index in [1.807, 2.05) is 0 Å². The van der Waals surface area contributed by atoms with E-state index >= 15 is 0 Å². The summed E-state index contributed by atoms with van der Waals surface area (Å²) >= 11 is 1.45. The van der Waals surface area contributed by atoms with Gasteiger partial charge in [-0.3, -0.25) is 0 Å². The third-order valence-electron chi connectivity index (χ3n) is 3.06. The minimum atomic E-state index is 0.259. The fourth-order valence-electron chi connectivity index (χ4n) is 1.75. The Morgan fingerprint density at radius 2 is 0.818 bits per heavy atom. The molecule has 0 aliphatic heterocycles. The molecule has 120 valence electrons. The molecule has 2 rings (SSSR count). The van der Waals surface area contributed by atoms with E-state index in [9.17, 15) is 0 Å². The summed E-state index contributed by atoms with van der Waals surface area (Å²) in [4.78, 5) is 0. The van der Waals surface area contributed by atoms with Crippen LogP contribution in [0.1, 0.15) is 52.7 Å². The van der Waals surface area contributed by atoms with Crippen molar-refractivity contribution < 1.29 is 23.0 Å². The van der Waals surface area contributed by atoms with Gasteiger partial charge in [-0.2, -0.15) is 35.4 Å². The minimum absolute atomic E-state index is 0.259. The summed E-state index contributed by atoms with van der Waals surface area (Å²) in [5.41, 5.74) is 3.74. The van der Waals surface area contributed by atoms with Gasteiger partial charge in [-0.1, -0.05) is 52.4 Å². The van der Waals surface area contributed by atoms with Crippen LogP contribution in [0.15, 0.2) is 48.5 Å². The van der Waals surface area contributed by atoms with Gasteiger partial charge in [-0.25, -0.2) is 24.3 Å². The number of hydrogen-bond acceptors (Lipinski definition) is 0. The van der Waals surface area contributed by atoms with E-state index in [-0.39, 0.29) is 5.49 Å². The Morgan fingerprint density at radius 3 is 0.909 bits per heavy atom. The first-order valence-electron chi connectivity index (χ1n) is 7.90. The van der Waals surface area contributed by atoms with Crippen molar-refractivity contribution in [3.8, 4) is 0 Å². The van der Waals surface area contributed by atoms with Crippen LogP contribution in [-0.4, -0.2) is 5.49 Å². The molecule has 0 spiro atoms. The molecule has 0 atom stereocenters. The van der Waals surface area contributed by atoms with Gasteiger partial charge in [0.05, 0.1) is 0 Å². The van der Waals surface area contributed by atoms with Crippen LogP contribution in [0.25, 0.3) is 0 Å². The molecule has 0 saturated heterocycles. The third-order valence-corrected chi connectivity index (χ3v) is 3.06. The first-order valence-corrected chi connectivity index (χ1v) is 15.8. The van der Waals surface area contributed by atoms with Gasteiger partial charge in [-0.15, -0.1) is 0 Å². The van der Waals surface area contributed by atoms with Gasteiger partial charge in [0.25, 0.3) is 0 Å². The molecule has 0 amide bonds. The van der Waals surface area contributed by atoms with Gasteiger partial charge in [-0.05, 0) is 0 Å². The van der Waals surface area contributed by atoms with E-state index in [0.29, 0.717) is 10.8 Å². The molecular weight excluding hydrogens is 447 g/mol. The van der Waals surface area contributed by atoms with Crippen molar-refractivity contribution in [3.63, 3.8) is 0 Å². The molecule has 0 N–H and O–H groups in total. The zero-order valence-corrected chi connectivity index (χ0v) is 20.2. The van der Waals surface area contributed by atoms with Crippen LogP contribution >= 0.6 is 0 Å². The average molecular weight is 479 g/mol. The summed E-state index contributed by atoms with van der Waals surface area (Å²) in [6, 6.07) is 17.0. The second kappa shape index (κ2) is 9.82. The summed E-state index contributed by atoms with van der Waals surface area (Å²) < 4.78 is 0. The van der Waals surface area contributed by atoms with E-state index in [4.69, 9.17) is 0 Å². The third kappa shape index (κ3) is 10.5. The van der Waals surface area contributed by atoms with Crippen molar-refractivity contribution >= 4 is 5.49 Å². The predicted octanol–water partition coefficient (Wildman–Crippen LogP) is 6.19. The molecule has 22 heavy (non-hydrogen) atoms. The van der Waals surface area contributed by atoms with Gasteiger partial charge in [0.1, 0.15) is 0 Å². The van der Waals surface area contributed by atoms with Crippen molar-refractivity contribution in [1.29, 1.82) is 0 Å². The fourth-order valence-corrected chi connectivity index (χ4v) is 1.75. The number of rotatable bonds is 0. The summed E-state index contributed by atoms with van der Waals surface area (Å²) in [5.74, 6) is 0. The van der Waals surface area contributed by atoms with Crippen LogP contribution in [0.4, 0.5) is 0 Å². The first kappa shape index (κ1) is 21.8. The van der Waals surface area contributed by atoms with Crippen LogP contribution in [0.2, 0.25) is 13.1 Å². The maximum atomic E-state index is 2.33. The van der Waals surface area contributed by atoms with Crippen molar-refractivity contribution in [2.24, 2.45) is 0 Å². The van der Waals surface area contributed by atoms with E-state index < -0.39 is 0 Å². The van der Waals surface area contributed by atoms with Crippen LogP contribution in [0.5, 0.6) is 0 Å². The average Bonchev–Trinajstić information content (AvgIpc) is 3.02. The van der Waals surface area contributed by atoms with Gasteiger partial charge in [0, 0.05) is 0 Å². The first-order chi connectivity index (χ1) is 9.94. The van der Waals surface area contributed by atoms with Gasteiger partial charge in [0.2, 0.25) is 0 Å². The van der Waals surface area contributed by atoms with Gasteiger partial charge < -0.3 is 0 Å². The van der Waals surface area contributed by atoms with Crippen molar-refractivity contribution in [2.45, 2.75) is 65.5 Å². The molecule has 0 fully saturated rings. The molecule has 0 aliphatic carbocycles. The van der Waals surface area contributed by atoms with Crippen LogP contribution in [-0.2, 0) is 33.8 Å². The standard InChI is InChI=1S/2C9H13.C2H6Si.Hf/c2*1-9(2,3)8-6-4-5-7-8;1-3-2;/h2*4-7H,1-3H3;1-2H3;/q2*-1;;+2. The second-order valence-corrected chi connectivity index (χ2v) is 20.6. The van der Waals surface area contributed by atoms with Crippen LogP contribution < -0.4 is 0 Å². The summed E-state index contributed by atoms with van der Waals surface area (Å²) in [6.07, 6.45) is 0. The maximum absolute atomic E-state index is 2.33. The monoisotopic (exact) mass is 480 g/mol. The van der Waals surface area contributed by atoms with Gasteiger partial charge in [0.15, 0.2) is 0 Å². The Bertz CT molecular complexity index is 457. The molecule has 0 aromatic heterocycles. The molecule has 0 saturated carbocycles. The molecular formula is C20H32HfSi. The normalized spacial score (nSPS) is 11.0. The topological polar surface area (TPSA) is 0 Å². The molecule has 2 aromatic rings. The Balaban J connectivity index is 0.000000326. The van der Waals surface area contributed by atoms with E-state index in [2.05, 4.69) is 103 Å². The van der Waals surface area contributed by atoms with Crippen molar-refractivity contribution in [2.75, 3.05) is 0 Å². The Hall–Kier alpha value is -0.213. The summed E-state index contributed by atoms with van der Waals surface area (Å²) in [7, 11) is 0. The van der Waals surface area contributed by atoms with Crippen molar-refractivity contribution in [1.82, 2.24) is 0 Å². The second-order valence-electron chi connectivity index (χ2n) is 7.85. The Kier molecular flexibility index (Phi) is 9.73. The van der Waals surface area contributed by atoms with E-state index in [1.54, 1.807) is 0 Å². The molecule has 2 aromatic carbocycles. The van der Waals surface area contributed by atoms with E-state index in [1.165, 1.54) is 34.1 Å². The summed E-state index contributed by atoms with van der Waals surface area (Å²) in [6.45, 7) is 18.0. The van der Waals surface area contributed by atoms with Crippen molar-refractivity contribution in [3.05, 3.63) is 59.7 Å². The molecule has 0 heterocycles. The van der Waals surface area contributed by atoms with E-state index in [0.717, 1.165) is 0 Å². The SMILES string of the molecule is CC(C)(C)[c-]1cccc1.CC(C)(C)[c-]1cccc1.C[Si](C)=[Hf+2]. The Morgan fingerprint density at radius 1 is 0.636 bits per heavy atom. The zero-order chi connectivity index (χ0) is 17.4. The molecule has 0 radical (unpaired) electrons. The number of hydrogen-bond donors (Lipinski definition) is 0. The zero-order valence-electron chi connectivity index (χ0n) is 15.6. The quantitative estimate of drug-likeness (QED) is 0.313. The Labute approximate surface area is 153 Å². The fraction of sp³-hybridized carbons (Fsp3) is 0.500. The molecule has 0 bridgehead atoms. The van der Waals surface area contributed by atoms with Gasteiger partial charge >= 0.3 is 41.6 Å². The molecule has 0 nitrogen and oxygen atoms in total. The molecule has 2 heteroatoms. The summed E-state index contributed by atoms with van der Waals surface area (Å²) in [5, 5.41) is 0. The molecule has 0 aliphatic rings. The van der Waals surface area contributed by atoms with Crippen LogP contribution in [0, 0.1) is 0 Å². The molecule has 0 unspecified atom stereocenters. The predicted molar refractivity (Wildman–Crippen MR) is 99.0 cm³/mol.